The van der Waals surface area contributed by atoms with Crippen molar-refractivity contribution in [2.45, 2.75) is 50.6 Å². The largest absolute Gasteiger partial charge is 0.462 e. The summed E-state index contributed by atoms with van der Waals surface area (Å²) in [7, 11) is 0. The SMILES string of the molecule is CC(C)OC(=O)CSc1nc2ccccc2c(=O)n1C[C@@H]1CCCO1. The number of nitrogens with zero attached hydrogens (tertiary/aromatic N) is 2. The van der Waals surface area contributed by atoms with Gasteiger partial charge in [0.1, 0.15) is 0 Å². The van der Waals surface area contributed by atoms with Gasteiger partial charge >= 0.3 is 5.97 Å². The number of benzene rings is 1. The van der Waals surface area contributed by atoms with E-state index < -0.39 is 0 Å². The molecule has 0 unspecified atom stereocenters. The molecular formula is C18H22N2O4S. The zero-order valence-corrected chi connectivity index (χ0v) is 15.3. The van der Waals surface area contributed by atoms with Crippen LogP contribution in [0.2, 0.25) is 0 Å². The molecule has 25 heavy (non-hydrogen) atoms. The molecule has 1 aliphatic heterocycles. The van der Waals surface area contributed by atoms with Gasteiger partial charge < -0.3 is 9.47 Å². The van der Waals surface area contributed by atoms with E-state index in [1.807, 2.05) is 32.0 Å². The summed E-state index contributed by atoms with van der Waals surface area (Å²) in [6.07, 6.45) is 1.79. The Labute approximate surface area is 150 Å². The third kappa shape index (κ3) is 4.41. The first-order valence-electron chi connectivity index (χ1n) is 8.48. The molecule has 7 heteroatoms. The van der Waals surface area contributed by atoms with Crippen LogP contribution in [-0.2, 0) is 20.8 Å². The van der Waals surface area contributed by atoms with Gasteiger partial charge in [-0.15, -0.1) is 0 Å². The lowest BCUT2D eigenvalue weighted by Gasteiger charge is -2.16. The smallest absolute Gasteiger partial charge is 0.316 e. The van der Waals surface area contributed by atoms with E-state index in [-0.39, 0.29) is 29.5 Å². The average molecular weight is 362 g/mol. The van der Waals surface area contributed by atoms with Crippen molar-refractivity contribution >= 4 is 28.6 Å². The summed E-state index contributed by atoms with van der Waals surface area (Å²) in [6.45, 7) is 4.80. The van der Waals surface area contributed by atoms with Gasteiger partial charge in [-0.05, 0) is 38.8 Å². The van der Waals surface area contributed by atoms with E-state index in [9.17, 15) is 9.59 Å². The van der Waals surface area contributed by atoms with Crippen molar-refractivity contribution in [3.63, 3.8) is 0 Å². The molecule has 2 heterocycles. The minimum Gasteiger partial charge on any atom is -0.462 e. The number of fused-ring (bicyclic) bond motifs is 1. The number of ether oxygens (including phenoxy) is 2. The van der Waals surface area contributed by atoms with Crippen molar-refractivity contribution in [3.8, 4) is 0 Å². The Bertz CT molecular complexity index is 812. The highest BCUT2D eigenvalue weighted by molar-refractivity contribution is 7.99. The normalized spacial score (nSPS) is 17.3. The van der Waals surface area contributed by atoms with Crippen LogP contribution in [0.15, 0.2) is 34.2 Å². The van der Waals surface area contributed by atoms with E-state index in [4.69, 9.17) is 9.47 Å². The lowest BCUT2D eigenvalue weighted by molar-refractivity contribution is -0.144. The van der Waals surface area contributed by atoms with E-state index >= 15 is 0 Å². The van der Waals surface area contributed by atoms with Crippen LogP contribution in [0.25, 0.3) is 10.9 Å². The van der Waals surface area contributed by atoms with Crippen molar-refractivity contribution in [3.05, 3.63) is 34.6 Å². The maximum atomic E-state index is 12.9. The molecule has 2 aromatic rings. The number of para-hydroxylation sites is 1. The fraction of sp³-hybridized carbons (Fsp3) is 0.500. The molecule has 134 valence electrons. The van der Waals surface area contributed by atoms with Crippen molar-refractivity contribution in [2.75, 3.05) is 12.4 Å². The summed E-state index contributed by atoms with van der Waals surface area (Å²) in [5.41, 5.74) is 0.539. The molecule has 0 saturated carbocycles. The Hall–Kier alpha value is -1.86. The van der Waals surface area contributed by atoms with Crippen molar-refractivity contribution in [1.82, 2.24) is 9.55 Å². The second-order valence-electron chi connectivity index (χ2n) is 6.29. The topological polar surface area (TPSA) is 70.4 Å². The van der Waals surface area contributed by atoms with Crippen molar-refractivity contribution in [1.29, 1.82) is 0 Å². The first kappa shape index (κ1) is 17.9. The Morgan fingerprint density at radius 1 is 1.44 bits per heavy atom. The summed E-state index contributed by atoms with van der Waals surface area (Å²) in [4.78, 5) is 29.3. The van der Waals surface area contributed by atoms with Crippen LogP contribution in [0.4, 0.5) is 0 Å². The summed E-state index contributed by atoms with van der Waals surface area (Å²) in [5, 5.41) is 1.11. The predicted molar refractivity (Wildman–Crippen MR) is 96.9 cm³/mol. The molecule has 0 N–H and O–H groups in total. The van der Waals surface area contributed by atoms with Crippen LogP contribution in [0.1, 0.15) is 26.7 Å². The fourth-order valence-electron chi connectivity index (χ4n) is 2.83. The standard InChI is InChI=1S/C18H22N2O4S/c1-12(2)24-16(21)11-25-18-19-15-8-4-3-7-14(15)17(22)20(18)10-13-6-5-9-23-13/h3-4,7-8,12-13H,5-6,9-11H2,1-2H3/t13-/m0/s1. The number of thioether (sulfide) groups is 1. The number of hydrogen-bond donors (Lipinski definition) is 0. The zero-order chi connectivity index (χ0) is 17.8. The highest BCUT2D eigenvalue weighted by atomic mass is 32.2. The minimum absolute atomic E-state index is 0.0163. The van der Waals surface area contributed by atoms with Gasteiger partial charge in [0, 0.05) is 6.61 Å². The Kier molecular flexibility index (Phi) is 5.75. The van der Waals surface area contributed by atoms with E-state index in [1.54, 1.807) is 10.6 Å². The molecule has 1 atom stereocenters. The van der Waals surface area contributed by atoms with E-state index in [2.05, 4.69) is 4.98 Å². The van der Waals surface area contributed by atoms with Crippen molar-refractivity contribution in [2.24, 2.45) is 0 Å². The third-order valence-electron chi connectivity index (χ3n) is 3.92. The lowest BCUT2D eigenvalue weighted by Crippen LogP contribution is -2.29. The molecule has 3 rings (SSSR count). The molecule has 1 aliphatic rings. The summed E-state index contributed by atoms with van der Waals surface area (Å²) < 4.78 is 12.5. The van der Waals surface area contributed by atoms with E-state index in [1.165, 1.54) is 11.8 Å². The predicted octanol–water partition coefficient (Wildman–Crippen LogP) is 2.62. The zero-order valence-electron chi connectivity index (χ0n) is 14.4. The van der Waals surface area contributed by atoms with E-state index in [0.717, 1.165) is 19.4 Å². The molecular weight excluding hydrogens is 340 g/mol. The average Bonchev–Trinajstić information content (AvgIpc) is 3.08. The maximum absolute atomic E-state index is 12.9. The molecule has 1 saturated heterocycles. The molecule has 1 aromatic carbocycles. The number of carbonyl (C=O) groups is 1. The van der Waals surface area contributed by atoms with Gasteiger partial charge in [0.15, 0.2) is 5.16 Å². The van der Waals surface area contributed by atoms with E-state index in [0.29, 0.717) is 22.6 Å². The minimum atomic E-state index is -0.314. The molecule has 6 nitrogen and oxygen atoms in total. The first-order chi connectivity index (χ1) is 12.0. The lowest BCUT2D eigenvalue weighted by atomic mass is 10.2. The fourth-order valence-corrected chi connectivity index (χ4v) is 3.62. The molecule has 1 fully saturated rings. The van der Waals surface area contributed by atoms with Crippen molar-refractivity contribution < 1.29 is 14.3 Å². The van der Waals surface area contributed by atoms with Crippen LogP contribution in [0.3, 0.4) is 0 Å². The van der Waals surface area contributed by atoms with Gasteiger partial charge in [-0.3, -0.25) is 14.2 Å². The first-order valence-corrected chi connectivity index (χ1v) is 9.46. The third-order valence-corrected chi connectivity index (χ3v) is 4.87. The molecule has 0 aliphatic carbocycles. The number of rotatable bonds is 6. The molecule has 1 aromatic heterocycles. The van der Waals surface area contributed by atoms with Crippen LogP contribution in [-0.4, -0.2) is 40.1 Å². The van der Waals surface area contributed by atoms with Gasteiger partial charge in [-0.2, -0.15) is 0 Å². The summed E-state index contributed by atoms with van der Waals surface area (Å²) in [5.74, 6) is -0.194. The van der Waals surface area contributed by atoms with Crippen LogP contribution < -0.4 is 5.56 Å². The Morgan fingerprint density at radius 3 is 2.96 bits per heavy atom. The number of aromatic nitrogens is 2. The highest BCUT2D eigenvalue weighted by Gasteiger charge is 2.20. The monoisotopic (exact) mass is 362 g/mol. The number of hydrogen-bond acceptors (Lipinski definition) is 6. The Balaban J connectivity index is 1.90. The second kappa shape index (κ2) is 8.01. The van der Waals surface area contributed by atoms with Gasteiger partial charge in [-0.1, -0.05) is 23.9 Å². The summed E-state index contributed by atoms with van der Waals surface area (Å²) in [6, 6.07) is 7.26. The van der Waals surface area contributed by atoms with Gasteiger partial charge in [0.05, 0.1) is 35.4 Å². The van der Waals surface area contributed by atoms with Gasteiger partial charge in [0.25, 0.3) is 5.56 Å². The number of esters is 1. The van der Waals surface area contributed by atoms with Gasteiger partial charge in [-0.25, -0.2) is 4.98 Å². The van der Waals surface area contributed by atoms with Crippen LogP contribution in [0.5, 0.6) is 0 Å². The molecule has 0 amide bonds. The van der Waals surface area contributed by atoms with Crippen LogP contribution >= 0.6 is 11.8 Å². The molecule has 0 radical (unpaired) electrons. The summed E-state index contributed by atoms with van der Waals surface area (Å²) >= 11 is 1.23. The van der Waals surface area contributed by atoms with Gasteiger partial charge in [0.2, 0.25) is 0 Å². The quantitative estimate of drug-likeness (QED) is 0.447. The molecule has 0 spiro atoms. The molecule has 0 bridgehead atoms. The Morgan fingerprint density at radius 2 is 2.24 bits per heavy atom. The van der Waals surface area contributed by atoms with Crippen LogP contribution in [0, 0.1) is 0 Å². The highest BCUT2D eigenvalue weighted by Crippen LogP contribution is 2.21. The number of carbonyl (C=O) groups excluding carboxylic acids is 1. The maximum Gasteiger partial charge on any atom is 0.316 e. The second-order valence-corrected chi connectivity index (χ2v) is 7.23.